The number of nitrogens with one attached hydrogen (secondary N) is 2. The van der Waals surface area contributed by atoms with E-state index in [1.54, 1.807) is 34.4 Å². The van der Waals surface area contributed by atoms with Gasteiger partial charge in [0, 0.05) is 48.4 Å². The number of hydrogen-bond acceptors (Lipinski definition) is 7. The predicted octanol–water partition coefficient (Wildman–Crippen LogP) is 4.52. The highest BCUT2D eigenvalue weighted by Gasteiger charge is 2.30. The Morgan fingerprint density at radius 2 is 1.82 bits per heavy atom. The van der Waals surface area contributed by atoms with Crippen molar-refractivity contribution in [3.63, 3.8) is 0 Å². The number of anilines is 2. The van der Waals surface area contributed by atoms with E-state index in [-0.39, 0.29) is 23.8 Å². The number of carbonyl (C=O) groups is 2. The van der Waals surface area contributed by atoms with E-state index in [9.17, 15) is 9.59 Å². The molecule has 0 bridgehead atoms. The summed E-state index contributed by atoms with van der Waals surface area (Å²) in [6, 6.07) is 14.4. The van der Waals surface area contributed by atoms with Crippen LogP contribution in [0.3, 0.4) is 0 Å². The number of nitrogens with two attached hydrogens (primary N) is 1. The fourth-order valence-electron chi connectivity index (χ4n) is 5.17. The number of carbonyl (C=O) groups excluding carboxylic acids is 2. The third-order valence-corrected chi connectivity index (χ3v) is 7.98. The zero-order chi connectivity index (χ0) is 26.5. The van der Waals surface area contributed by atoms with Crippen molar-refractivity contribution in [2.75, 3.05) is 37.2 Å². The van der Waals surface area contributed by atoms with Crippen LogP contribution in [0.25, 0.3) is 0 Å². The molecule has 5 rings (SSSR count). The molecule has 9 heteroatoms. The zero-order valence-electron chi connectivity index (χ0n) is 21.3. The van der Waals surface area contributed by atoms with Gasteiger partial charge in [-0.2, -0.15) is 11.3 Å². The van der Waals surface area contributed by atoms with Gasteiger partial charge < -0.3 is 20.7 Å². The molecular formula is C29H33N5O3S. The van der Waals surface area contributed by atoms with Gasteiger partial charge in [-0.3, -0.25) is 19.9 Å². The molecule has 2 saturated heterocycles. The van der Waals surface area contributed by atoms with Crippen LogP contribution in [0.5, 0.6) is 5.75 Å². The minimum Gasteiger partial charge on any atom is -0.490 e. The Balaban J connectivity index is 1.27. The van der Waals surface area contributed by atoms with E-state index >= 15 is 0 Å². The number of nitrogens with zero attached hydrogens (tertiary/aromatic N) is 2. The third-order valence-electron chi connectivity index (χ3n) is 7.27. The highest BCUT2D eigenvalue weighted by Crippen LogP contribution is 2.29. The number of rotatable bonds is 9. The number of benzene rings is 2. The lowest BCUT2D eigenvalue weighted by molar-refractivity contribution is -0.121. The molecule has 1 aromatic heterocycles. The molecule has 2 aliphatic heterocycles. The summed E-state index contributed by atoms with van der Waals surface area (Å²) in [5, 5.41) is 15.9. The number of amides is 2. The van der Waals surface area contributed by atoms with Gasteiger partial charge in [-0.25, -0.2) is 0 Å². The van der Waals surface area contributed by atoms with Gasteiger partial charge in [0.25, 0.3) is 0 Å². The van der Waals surface area contributed by atoms with Crippen LogP contribution in [0.15, 0.2) is 59.3 Å². The first-order valence-electron chi connectivity index (χ1n) is 13.0. The van der Waals surface area contributed by atoms with Crippen molar-refractivity contribution in [2.24, 2.45) is 0 Å². The Kier molecular flexibility index (Phi) is 8.05. The monoisotopic (exact) mass is 531 g/mol. The summed E-state index contributed by atoms with van der Waals surface area (Å²) in [6.07, 6.45) is 4.76. The second-order valence-electron chi connectivity index (χ2n) is 9.85. The number of likely N-dealkylation sites (tertiary alicyclic amines) is 2. The number of hydrogen-bond donors (Lipinski definition) is 3. The van der Waals surface area contributed by atoms with Crippen LogP contribution < -0.4 is 15.8 Å². The van der Waals surface area contributed by atoms with Crippen molar-refractivity contribution in [2.45, 2.75) is 37.8 Å². The lowest BCUT2D eigenvalue weighted by Crippen LogP contribution is -2.37. The highest BCUT2D eigenvalue weighted by molar-refractivity contribution is 7.08. The molecule has 2 fully saturated rings. The molecule has 3 heterocycles. The molecule has 8 nitrogen and oxygen atoms in total. The first kappa shape index (κ1) is 25.9. The second-order valence-corrected chi connectivity index (χ2v) is 10.6. The largest absolute Gasteiger partial charge is 0.490 e. The Bertz CT molecular complexity index is 1260. The van der Waals surface area contributed by atoms with Gasteiger partial charge >= 0.3 is 0 Å². The van der Waals surface area contributed by atoms with Gasteiger partial charge in [-0.15, -0.1) is 0 Å². The van der Waals surface area contributed by atoms with Crippen molar-refractivity contribution < 1.29 is 14.3 Å². The van der Waals surface area contributed by atoms with E-state index in [1.807, 2.05) is 41.1 Å². The number of ether oxygens (including phenoxy) is 1. The molecule has 1 atom stereocenters. The van der Waals surface area contributed by atoms with Crippen molar-refractivity contribution in [1.82, 2.24) is 9.80 Å². The standard InChI is InChI=1S/C29H33N5O3S/c30-26-8-5-22(32-29(36)28(21-11-16-38-18-21)34-12-1-2-13-34)17-25(26)27(31)20-3-6-23(7-4-20)37-24-9-14-33(19-35)15-10-24/h3-8,11,16-19,24,28,31H,1-2,9-10,12-15,30H2,(H,32,36). The topological polar surface area (TPSA) is 112 Å². The van der Waals surface area contributed by atoms with Crippen LogP contribution in [0.1, 0.15) is 48.4 Å². The Morgan fingerprint density at radius 1 is 1.08 bits per heavy atom. The molecule has 3 aromatic rings. The van der Waals surface area contributed by atoms with Crippen LogP contribution in [0, 0.1) is 5.41 Å². The Hall–Kier alpha value is -3.69. The third kappa shape index (κ3) is 5.89. The normalized spacial score (nSPS) is 17.2. The number of piperidine rings is 1. The smallest absolute Gasteiger partial charge is 0.246 e. The first-order chi connectivity index (χ1) is 18.5. The maximum atomic E-state index is 13.4. The zero-order valence-corrected chi connectivity index (χ0v) is 22.1. The van der Waals surface area contributed by atoms with E-state index in [0.29, 0.717) is 35.6 Å². The lowest BCUT2D eigenvalue weighted by atomic mass is 10.00. The quantitative estimate of drug-likeness (QED) is 0.214. The van der Waals surface area contributed by atoms with Crippen LogP contribution in [0.2, 0.25) is 0 Å². The molecule has 0 radical (unpaired) electrons. The van der Waals surface area contributed by atoms with E-state index in [2.05, 4.69) is 10.2 Å². The molecule has 2 aliphatic rings. The van der Waals surface area contributed by atoms with Crippen molar-refractivity contribution in [1.29, 1.82) is 5.41 Å². The summed E-state index contributed by atoms with van der Waals surface area (Å²) in [5.41, 5.74) is 9.90. The van der Waals surface area contributed by atoms with Crippen LogP contribution >= 0.6 is 11.3 Å². The summed E-state index contributed by atoms with van der Waals surface area (Å²) in [6.45, 7) is 3.22. The fourth-order valence-corrected chi connectivity index (χ4v) is 5.85. The highest BCUT2D eigenvalue weighted by atomic mass is 32.1. The first-order valence-corrected chi connectivity index (χ1v) is 14.0. The van der Waals surface area contributed by atoms with E-state index < -0.39 is 0 Å². The van der Waals surface area contributed by atoms with Crippen LogP contribution in [0.4, 0.5) is 11.4 Å². The van der Waals surface area contributed by atoms with Crippen molar-refractivity contribution >= 4 is 40.7 Å². The molecule has 0 saturated carbocycles. The minimum absolute atomic E-state index is 0.0749. The summed E-state index contributed by atoms with van der Waals surface area (Å²) >= 11 is 1.59. The molecule has 4 N–H and O–H groups in total. The molecule has 1 unspecified atom stereocenters. The number of thiophene rings is 1. The average Bonchev–Trinajstić information content (AvgIpc) is 3.66. The molecule has 38 heavy (non-hydrogen) atoms. The summed E-state index contributed by atoms with van der Waals surface area (Å²) < 4.78 is 6.08. The van der Waals surface area contributed by atoms with E-state index in [0.717, 1.165) is 56.5 Å². The van der Waals surface area contributed by atoms with E-state index in [1.165, 1.54) is 0 Å². The van der Waals surface area contributed by atoms with Gasteiger partial charge in [0.2, 0.25) is 12.3 Å². The van der Waals surface area contributed by atoms with Crippen LogP contribution in [-0.2, 0) is 9.59 Å². The van der Waals surface area contributed by atoms with Gasteiger partial charge in [-0.1, -0.05) is 0 Å². The molecule has 2 aromatic carbocycles. The van der Waals surface area contributed by atoms with Crippen molar-refractivity contribution in [3.8, 4) is 5.75 Å². The number of nitrogen functional groups attached to an aromatic ring is 1. The van der Waals surface area contributed by atoms with Gasteiger partial charge in [-0.05, 0) is 90.8 Å². The molecule has 198 valence electrons. The van der Waals surface area contributed by atoms with Gasteiger partial charge in [0.05, 0.1) is 5.71 Å². The van der Waals surface area contributed by atoms with Crippen LogP contribution in [-0.4, -0.2) is 60.1 Å². The summed E-state index contributed by atoms with van der Waals surface area (Å²) in [7, 11) is 0. The molecular weight excluding hydrogens is 498 g/mol. The van der Waals surface area contributed by atoms with Crippen molar-refractivity contribution in [3.05, 3.63) is 76.0 Å². The summed E-state index contributed by atoms with van der Waals surface area (Å²) in [5.74, 6) is 0.662. The Morgan fingerprint density at radius 3 is 2.47 bits per heavy atom. The average molecular weight is 532 g/mol. The predicted molar refractivity (Wildman–Crippen MR) is 151 cm³/mol. The molecule has 0 spiro atoms. The van der Waals surface area contributed by atoms with Gasteiger partial charge in [0.1, 0.15) is 17.9 Å². The molecule has 2 amide bonds. The lowest BCUT2D eigenvalue weighted by Gasteiger charge is -2.29. The molecule has 0 aliphatic carbocycles. The fraction of sp³-hybridized carbons (Fsp3) is 0.345. The minimum atomic E-state index is -0.331. The SMILES string of the molecule is N=C(c1ccc(OC2CCN(C=O)CC2)cc1)c1cc(NC(=O)C(c2ccsc2)N2CCCC2)ccc1N. The maximum absolute atomic E-state index is 13.4. The maximum Gasteiger partial charge on any atom is 0.246 e. The second kappa shape index (κ2) is 11.8. The summed E-state index contributed by atoms with van der Waals surface area (Å²) in [4.78, 5) is 28.3. The van der Waals surface area contributed by atoms with Gasteiger partial charge in [0.15, 0.2) is 0 Å². The Labute approximate surface area is 226 Å². The van der Waals surface area contributed by atoms with E-state index in [4.69, 9.17) is 15.9 Å².